The molecule has 0 aliphatic rings. The molecule has 0 bridgehead atoms. The van der Waals surface area contributed by atoms with Gasteiger partial charge in [-0.1, -0.05) is 65.1 Å². The second kappa shape index (κ2) is 12.6. The van der Waals surface area contributed by atoms with E-state index in [0.29, 0.717) is 27.2 Å². The molecule has 0 saturated carbocycles. The lowest BCUT2D eigenvalue weighted by Gasteiger charge is -2.32. The smallest absolute Gasteiger partial charge is 0.264 e. The van der Waals surface area contributed by atoms with E-state index in [1.807, 2.05) is 0 Å². The van der Waals surface area contributed by atoms with Crippen LogP contribution in [0.5, 0.6) is 0 Å². The van der Waals surface area contributed by atoms with Gasteiger partial charge in [-0.05, 0) is 56.3 Å². The molecule has 11 heteroatoms. The lowest BCUT2D eigenvalue weighted by atomic mass is 10.1. The number of hydrogen-bond donors (Lipinski definition) is 1. The Morgan fingerprint density at radius 2 is 1.54 bits per heavy atom. The monoisotopic (exact) mass is 581 g/mol. The van der Waals surface area contributed by atoms with Crippen LogP contribution < -0.4 is 9.62 Å². The number of carbonyl (C=O) groups excluding carboxylic acids is 2. The Hall–Kier alpha value is -2.78. The van der Waals surface area contributed by atoms with Crippen molar-refractivity contribution in [2.24, 2.45) is 0 Å². The summed E-state index contributed by atoms with van der Waals surface area (Å²) in [6.07, 6.45) is 0. The first kappa shape index (κ1) is 28.8. The predicted octanol–water partition coefficient (Wildman–Crippen LogP) is 5.40. The highest BCUT2D eigenvalue weighted by molar-refractivity contribution is 7.92. The number of anilines is 1. The third-order valence-electron chi connectivity index (χ3n) is 5.61. The van der Waals surface area contributed by atoms with Crippen LogP contribution in [0.4, 0.5) is 5.69 Å². The first-order valence-corrected chi connectivity index (χ1v) is 14.0. The third-order valence-corrected chi connectivity index (χ3v) is 8.35. The Kier molecular flexibility index (Phi) is 9.84. The number of hydrogen-bond acceptors (Lipinski definition) is 4. The van der Waals surface area contributed by atoms with Crippen molar-refractivity contribution in [3.63, 3.8) is 0 Å². The Bertz CT molecular complexity index is 1350. The zero-order chi connectivity index (χ0) is 27.2. The second-order valence-corrected chi connectivity index (χ2v) is 11.2. The zero-order valence-electron chi connectivity index (χ0n) is 20.2. The largest absolute Gasteiger partial charge is 0.355 e. The molecule has 0 saturated heterocycles. The van der Waals surface area contributed by atoms with Gasteiger partial charge in [-0.2, -0.15) is 0 Å². The number of nitrogens with zero attached hydrogens (tertiary/aromatic N) is 2. The van der Waals surface area contributed by atoms with Crippen LogP contribution in [-0.4, -0.2) is 44.3 Å². The van der Waals surface area contributed by atoms with Crippen molar-refractivity contribution in [3.05, 3.63) is 93.4 Å². The van der Waals surface area contributed by atoms with Crippen LogP contribution in [0.1, 0.15) is 19.4 Å². The van der Waals surface area contributed by atoms with Crippen LogP contribution in [0.2, 0.25) is 15.1 Å². The number of likely N-dealkylation sites (N-methyl/N-ethyl adjacent to an activating group) is 1. The van der Waals surface area contributed by atoms with Crippen LogP contribution in [0, 0.1) is 0 Å². The quantitative estimate of drug-likeness (QED) is 0.347. The molecule has 37 heavy (non-hydrogen) atoms. The molecule has 0 spiro atoms. The zero-order valence-corrected chi connectivity index (χ0v) is 23.3. The van der Waals surface area contributed by atoms with E-state index in [1.165, 1.54) is 23.1 Å². The Morgan fingerprint density at radius 3 is 2.14 bits per heavy atom. The molecule has 3 aromatic rings. The predicted molar refractivity (Wildman–Crippen MR) is 148 cm³/mol. The summed E-state index contributed by atoms with van der Waals surface area (Å²) in [7, 11) is -4.17. The van der Waals surface area contributed by atoms with Gasteiger partial charge in [0.25, 0.3) is 10.0 Å². The summed E-state index contributed by atoms with van der Waals surface area (Å²) in [4.78, 5) is 27.8. The molecular formula is C26H26Cl3N3O4S. The number of benzene rings is 3. The third kappa shape index (κ3) is 6.96. The molecule has 0 fully saturated rings. The summed E-state index contributed by atoms with van der Waals surface area (Å²) >= 11 is 18.9. The van der Waals surface area contributed by atoms with Crippen LogP contribution in [0.25, 0.3) is 0 Å². The van der Waals surface area contributed by atoms with E-state index in [1.54, 1.807) is 68.4 Å². The Labute approximate surface area is 232 Å². The average molecular weight is 583 g/mol. The minimum Gasteiger partial charge on any atom is -0.355 e. The van der Waals surface area contributed by atoms with E-state index in [2.05, 4.69) is 5.32 Å². The van der Waals surface area contributed by atoms with Crippen molar-refractivity contribution >= 4 is 62.3 Å². The number of amides is 2. The highest BCUT2D eigenvalue weighted by Crippen LogP contribution is 2.29. The van der Waals surface area contributed by atoms with Gasteiger partial charge in [0, 0.05) is 33.7 Å². The number of sulfonamides is 1. The van der Waals surface area contributed by atoms with Gasteiger partial charge in [0.2, 0.25) is 11.8 Å². The lowest BCUT2D eigenvalue weighted by Crippen LogP contribution is -2.51. The van der Waals surface area contributed by atoms with Gasteiger partial charge in [-0.3, -0.25) is 13.9 Å². The normalized spacial score (nSPS) is 12.0. The van der Waals surface area contributed by atoms with Gasteiger partial charge in [0.1, 0.15) is 12.6 Å². The number of carbonyl (C=O) groups is 2. The molecule has 2 amide bonds. The highest BCUT2D eigenvalue weighted by atomic mass is 35.5. The fourth-order valence-corrected chi connectivity index (χ4v) is 5.77. The van der Waals surface area contributed by atoms with Crippen molar-refractivity contribution in [3.8, 4) is 0 Å². The number of nitrogens with one attached hydrogen (secondary N) is 1. The van der Waals surface area contributed by atoms with Crippen molar-refractivity contribution in [1.82, 2.24) is 10.2 Å². The molecule has 3 aromatic carbocycles. The average Bonchev–Trinajstić information content (AvgIpc) is 2.87. The molecular weight excluding hydrogens is 557 g/mol. The van der Waals surface area contributed by atoms with E-state index in [4.69, 9.17) is 34.8 Å². The van der Waals surface area contributed by atoms with Crippen LogP contribution in [0.15, 0.2) is 77.7 Å². The Morgan fingerprint density at radius 1 is 0.919 bits per heavy atom. The number of halogens is 3. The topological polar surface area (TPSA) is 86.8 Å². The maximum absolute atomic E-state index is 13.8. The summed E-state index contributed by atoms with van der Waals surface area (Å²) < 4.78 is 28.3. The SMILES string of the molecule is CCNC(=O)C(C)N(Cc1c(Cl)cccc1Cl)C(=O)CN(c1cccc(Cl)c1)S(=O)(=O)c1ccccc1. The van der Waals surface area contributed by atoms with Gasteiger partial charge < -0.3 is 10.2 Å². The summed E-state index contributed by atoms with van der Waals surface area (Å²) in [5.41, 5.74) is 0.640. The van der Waals surface area contributed by atoms with E-state index in [-0.39, 0.29) is 17.1 Å². The molecule has 0 aliphatic carbocycles. The highest BCUT2D eigenvalue weighted by Gasteiger charge is 2.33. The van der Waals surface area contributed by atoms with Crippen molar-refractivity contribution in [2.75, 3.05) is 17.4 Å². The molecule has 1 N–H and O–H groups in total. The first-order valence-electron chi connectivity index (χ1n) is 11.4. The molecule has 0 aliphatic heterocycles. The first-order chi connectivity index (χ1) is 17.6. The van der Waals surface area contributed by atoms with Gasteiger partial charge in [-0.15, -0.1) is 0 Å². The molecule has 0 heterocycles. The second-order valence-electron chi connectivity index (χ2n) is 8.10. The molecule has 7 nitrogen and oxygen atoms in total. The summed E-state index contributed by atoms with van der Waals surface area (Å²) in [6.45, 7) is 2.97. The molecule has 196 valence electrons. The fraction of sp³-hybridized carbons (Fsp3) is 0.231. The van der Waals surface area contributed by atoms with Crippen molar-refractivity contribution < 1.29 is 18.0 Å². The summed E-state index contributed by atoms with van der Waals surface area (Å²) in [6, 6.07) is 17.9. The lowest BCUT2D eigenvalue weighted by molar-refractivity contribution is -0.139. The molecule has 3 rings (SSSR count). The molecule has 1 atom stereocenters. The van der Waals surface area contributed by atoms with Gasteiger partial charge >= 0.3 is 0 Å². The summed E-state index contributed by atoms with van der Waals surface area (Å²) in [5.74, 6) is -1.03. The van der Waals surface area contributed by atoms with Crippen LogP contribution >= 0.6 is 34.8 Å². The Balaban J connectivity index is 2.06. The standard InChI is InChI=1S/C26H26Cl3N3O4S/c1-3-30-26(34)18(2)31(16-22-23(28)13-8-14-24(22)29)25(33)17-32(20-10-7-9-19(27)15-20)37(35,36)21-11-5-4-6-12-21/h4-15,18H,3,16-17H2,1-2H3,(H,30,34). The summed E-state index contributed by atoms with van der Waals surface area (Å²) in [5, 5.41) is 3.63. The van der Waals surface area contributed by atoms with E-state index in [9.17, 15) is 18.0 Å². The maximum Gasteiger partial charge on any atom is 0.264 e. The van der Waals surface area contributed by atoms with Gasteiger partial charge in [-0.25, -0.2) is 8.42 Å². The maximum atomic E-state index is 13.8. The fourth-order valence-electron chi connectivity index (χ4n) is 3.64. The van der Waals surface area contributed by atoms with Crippen LogP contribution in [0.3, 0.4) is 0 Å². The minimum atomic E-state index is -4.17. The number of rotatable bonds is 10. The van der Waals surface area contributed by atoms with Gasteiger partial charge in [0.05, 0.1) is 10.6 Å². The van der Waals surface area contributed by atoms with Gasteiger partial charge in [0.15, 0.2) is 0 Å². The van der Waals surface area contributed by atoms with E-state index in [0.717, 1.165) is 4.31 Å². The van der Waals surface area contributed by atoms with E-state index < -0.39 is 34.4 Å². The van der Waals surface area contributed by atoms with Crippen molar-refractivity contribution in [1.29, 1.82) is 0 Å². The molecule has 1 unspecified atom stereocenters. The van der Waals surface area contributed by atoms with E-state index >= 15 is 0 Å². The minimum absolute atomic E-state index is 0.000230. The van der Waals surface area contributed by atoms with Crippen molar-refractivity contribution in [2.45, 2.75) is 31.3 Å². The molecule has 0 radical (unpaired) electrons. The molecule has 0 aromatic heterocycles. The van der Waals surface area contributed by atoms with Crippen LogP contribution in [-0.2, 0) is 26.2 Å².